The minimum absolute atomic E-state index is 0.132. The van der Waals surface area contributed by atoms with E-state index in [0.29, 0.717) is 17.2 Å². The molecule has 1 fully saturated rings. The van der Waals surface area contributed by atoms with Crippen LogP contribution in [0, 0.1) is 17.2 Å². The molecule has 1 saturated heterocycles. The van der Waals surface area contributed by atoms with E-state index in [1.807, 2.05) is 6.07 Å². The van der Waals surface area contributed by atoms with Crippen molar-refractivity contribution in [3.8, 4) is 6.07 Å². The molecule has 0 saturated carbocycles. The molecule has 1 aliphatic heterocycles. The monoisotopic (exact) mass is 296 g/mol. The van der Waals surface area contributed by atoms with E-state index in [1.165, 1.54) is 6.07 Å². The van der Waals surface area contributed by atoms with Crippen LogP contribution in [0.15, 0.2) is 29.2 Å². The first kappa shape index (κ1) is 14.4. The minimum atomic E-state index is -3.27. The summed E-state index contributed by atoms with van der Waals surface area (Å²) in [7, 11) is -3.27. The van der Waals surface area contributed by atoms with Gasteiger partial charge in [0.1, 0.15) is 0 Å². The number of hydrogen-bond acceptors (Lipinski definition) is 5. The van der Waals surface area contributed by atoms with Crippen molar-refractivity contribution in [2.24, 2.45) is 5.92 Å². The summed E-state index contributed by atoms with van der Waals surface area (Å²) in [5, 5.41) is 12.0. The number of nitriles is 1. The summed E-state index contributed by atoms with van der Waals surface area (Å²) in [4.78, 5) is 0.248. The van der Waals surface area contributed by atoms with Gasteiger partial charge in [0.25, 0.3) is 0 Å². The van der Waals surface area contributed by atoms with E-state index in [0.717, 1.165) is 18.8 Å². The molecule has 1 N–H and O–H groups in total. The highest BCUT2D eigenvalue weighted by Crippen LogP contribution is 2.17. The highest BCUT2D eigenvalue weighted by molar-refractivity contribution is 8.00. The number of rotatable bonds is 6. The lowest BCUT2D eigenvalue weighted by molar-refractivity contribution is 0.385. The molecular weight excluding hydrogens is 280 g/mol. The van der Waals surface area contributed by atoms with Crippen LogP contribution in [0.3, 0.4) is 0 Å². The van der Waals surface area contributed by atoms with Crippen molar-refractivity contribution in [2.45, 2.75) is 4.90 Å². The molecule has 0 radical (unpaired) electrons. The average molecular weight is 296 g/mol. The standard InChI is InChI=1S/C13H16N2O2S2/c14-7-11-2-1-3-13(6-11)19(16,17)5-4-18-10-12-8-15-9-12/h1-3,6,12,15H,4-5,8-10H2. The number of hydrogen-bond donors (Lipinski definition) is 1. The quantitative estimate of drug-likeness (QED) is 0.801. The van der Waals surface area contributed by atoms with Crippen LogP contribution in [0.1, 0.15) is 5.56 Å². The van der Waals surface area contributed by atoms with Crippen LogP contribution in [0.5, 0.6) is 0 Å². The van der Waals surface area contributed by atoms with Crippen molar-refractivity contribution in [3.63, 3.8) is 0 Å². The number of sulfone groups is 1. The highest BCUT2D eigenvalue weighted by atomic mass is 32.2. The van der Waals surface area contributed by atoms with Crippen molar-refractivity contribution < 1.29 is 8.42 Å². The Hall–Kier alpha value is -1.03. The maximum Gasteiger partial charge on any atom is 0.179 e. The molecule has 1 aromatic carbocycles. The first-order valence-corrected chi connectivity index (χ1v) is 8.94. The topological polar surface area (TPSA) is 70.0 Å². The molecule has 0 amide bonds. The number of nitrogens with zero attached hydrogens (tertiary/aromatic N) is 1. The third-order valence-electron chi connectivity index (χ3n) is 3.04. The second-order valence-electron chi connectivity index (χ2n) is 4.56. The highest BCUT2D eigenvalue weighted by Gasteiger charge is 2.18. The van der Waals surface area contributed by atoms with E-state index in [1.54, 1.807) is 30.0 Å². The smallest absolute Gasteiger partial charge is 0.179 e. The van der Waals surface area contributed by atoms with Crippen LogP contribution in [0.2, 0.25) is 0 Å². The Balaban J connectivity index is 1.88. The summed E-state index contributed by atoms with van der Waals surface area (Å²) in [5.41, 5.74) is 0.384. The lowest BCUT2D eigenvalue weighted by atomic mass is 10.1. The zero-order valence-corrected chi connectivity index (χ0v) is 12.1. The van der Waals surface area contributed by atoms with Gasteiger partial charge >= 0.3 is 0 Å². The lowest BCUT2D eigenvalue weighted by Crippen LogP contribution is -2.43. The van der Waals surface area contributed by atoms with Gasteiger partial charge in [0.05, 0.1) is 22.3 Å². The van der Waals surface area contributed by atoms with Gasteiger partial charge in [0.15, 0.2) is 9.84 Å². The second kappa shape index (κ2) is 6.42. The predicted molar refractivity (Wildman–Crippen MR) is 76.9 cm³/mol. The molecule has 0 bridgehead atoms. The molecule has 0 spiro atoms. The fourth-order valence-corrected chi connectivity index (χ4v) is 4.67. The van der Waals surface area contributed by atoms with Gasteiger partial charge in [-0.25, -0.2) is 8.42 Å². The van der Waals surface area contributed by atoms with Gasteiger partial charge in [-0.1, -0.05) is 6.07 Å². The molecule has 1 aliphatic rings. The van der Waals surface area contributed by atoms with Crippen molar-refractivity contribution in [1.82, 2.24) is 5.32 Å². The van der Waals surface area contributed by atoms with Crippen molar-refractivity contribution in [2.75, 3.05) is 30.3 Å². The van der Waals surface area contributed by atoms with Crippen molar-refractivity contribution in [1.29, 1.82) is 5.26 Å². The molecule has 6 heteroatoms. The summed E-state index contributed by atoms with van der Waals surface area (Å²) in [6.07, 6.45) is 0. The molecule has 4 nitrogen and oxygen atoms in total. The molecular formula is C13H16N2O2S2. The molecule has 2 rings (SSSR count). The molecule has 0 aromatic heterocycles. The van der Waals surface area contributed by atoms with Gasteiger partial charge in [-0.3, -0.25) is 0 Å². The zero-order chi connectivity index (χ0) is 13.7. The molecule has 19 heavy (non-hydrogen) atoms. The number of nitrogens with one attached hydrogen (secondary N) is 1. The lowest BCUT2D eigenvalue weighted by Gasteiger charge is -2.26. The summed E-state index contributed by atoms with van der Waals surface area (Å²) < 4.78 is 24.2. The van der Waals surface area contributed by atoms with Gasteiger partial charge in [0.2, 0.25) is 0 Å². The fraction of sp³-hybridized carbons (Fsp3) is 0.462. The second-order valence-corrected chi connectivity index (χ2v) is 7.82. The van der Waals surface area contributed by atoms with Gasteiger partial charge in [-0.15, -0.1) is 0 Å². The van der Waals surface area contributed by atoms with Crippen LogP contribution in [0.25, 0.3) is 0 Å². The number of thioether (sulfide) groups is 1. The Bertz CT molecular complexity index is 575. The van der Waals surface area contributed by atoms with E-state index in [2.05, 4.69) is 5.32 Å². The van der Waals surface area contributed by atoms with Crippen LogP contribution in [-0.2, 0) is 9.84 Å². The molecule has 102 valence electrons. The number of benzene rings is 1. The zero-order valence-electron chi connectivity index (χ0n) is 10.5. The first-order valence-electron chi connectivity index (χ1n) is 6.13. The van der Waals surface area contributed by atoms with Crippen LogP contribution < -0.4 is 5.32 Å². The normalized spacial score (nSPS) is 15.7. The van der Waals surface area contributed by atoms with Crippen LogP contribution in [-0.4, -0.2) is 38.8 Å². The Morgan fingerprint density at radius 2 is 2.21 bits per heavy atom. The van der Waals surface area contributed by atoms with E-state index >= 15 is 0 Å². The predicted octanol–water partition coefficient (Wildman–Crippen LogP) is 1.28. The van der Waals surface area contributed by atoms with Gasteiger partial charge in [0, 0.05) is 5.75 Å². The maximum atomic E-state index is 12.1. The van der Waals surface area contributed by atoms with Crippen LogP contribution in [0.4, 0.5) is 0 Å². The largest absolute Gasteiger partial charge is 0.316 e. The average Bonchev–Trinajstić information content (AvgIpc) is 2.36. The summed E-state index contributed by atoms with van der Waals surface area (Å²) in [5.74, 6) is 2.44. The van der Waals surface area contributed by atoms with Gasteiger partial charge < -0.3 is 5.32 Å². The van der Waals surface area contributed by atoms with E-state index < -0.39 is 9.84 Å². The fourth-order valence-electron chi connectivity index (χ4n) is 1.76. The molecule has 0 atom stereocenters. The van der Waals surface area contributed by atoms with Gasteiger partial charge in [-0.2, -0.15) is 17.0 Å². The summed E-state index contributed by atoms with van der Waals surface area (Å²) >= 11 is 1.68. The molecule has 1 heterocycles. The van der Waals surface area contributed by atoms with E-state index in [9.17, 15) is 8.42 Å². The SMILES string of the molecule is N#Cc1cccc(S(=O)(=O)CCSCC2CNC2)c1. The Morgan fingerprint density at radius 3 is 2.84 bits per heavy atom. The Labute approximate surface area is 118 Å². The van der Waals surface area contributed by atoms with Crippen molar-refractivity contribution in [3.05, 3.63) is 29.8 Å². The van der Waals surface area contributed by atoms with E-state index in [4.69, 9.17) is 5.26 Å². The maximum absolute atomic E-state index is 12.1. The minimum Gasteiger partial charge on any atom is -0.316 e. The van der Waals surface area contributed by atoms with Crippen molar-refractivity contribution >= 4 is 21.6 Å². The van der Waals surface area contributed by atoms with E-state index in [-0.39, 0.29) is 10.6 Å². The summed E-state index contributed by atoms with van der Waals surface area (Å²) in [6, 6.07) is 8.17. The molecule has 1 aromatic rings. The molecule has 0 unspecified atom stereocenters. The molecule has 0 aliphatic carbocycles. The third-order valence-corrected chi connectivity index (χ3v) is 6.21. The Morgan fingerprint density at radius 1 is 1.42 bits per heavy atom. The Kier molecular flexibility index (Phi) is 4.86. The summed E-state index contributed by atoms with van der Waals surface area (Å²) in [6.45, 7) is 2.09. The third kappa shape index (κ3) is 3.96. The first-order chi connectivity index (χ1) is 9.12. The van der Waals surface area contributed by atoms with Gasteiger partial charge in [-0.05, 0) is 43.0 Å². The van der Waals surface area contributed by atoms with Crippen LogP contribution >= 0.6 is 11.8 Å².